The fourth-order valence-electron chi connectivity index (χ4n) is 5.13. The largest absolute Gasteiger partial charge is 0.491 e. The highest BCUT2D eigenvalue weighted by atomic mass is 19.1. The zero-order valence-corrected chi connectivity index (χ0v) is 25.5. The highest BCUT2D eigenvalue weighted by molar-refractivity contribution is 5.92. The summed E-state index contributed by atoms with van der Waals surface area (Å²) < 4.78 is 21.6. The first-order valence-corrected chi connectivity index (χ1v) is 14.4. The molecule has 0 radical (unpaired) electrons. The fourth-order valence-corrected chi connectivity index (χ4v) is 5.13. The summed E-state index contributed by atoms with van der Waals surface area (Å²) in [7, 11) is 0. The van der Waals surface area contributed by atoms with Gasteiger partial charge in [-0.05, 0) is 61.6 Å². The number of nitrogens with zero attached hydrogens (tertiary/aromatic N) is 2. The van der Waals surface area contributed by atoms with E-state index in [2.05, 4.69) is 27.0 Å². The number of rotatable bonds is 0. The predicted molar refractivity (Wildman–Crippen MR) is 164 cm³/mol. The van der Waals surface area contributed by atoms with Crippen LogP contribution in [0.4, 0.5) is 4.39 Å². The molecule has 3 aromatic rings. The lowest BCUT2D eigenvalue weighted by atomic mass is 9.85. The summed E-state index contributed by atoms with van der Waals surface area (Å²) in [4.78, 5) is 18.0. The quantitative estimate of drug-likeness (QED) is 0.238. The first-order valence-electron chi connectivity index (χ1n) is 14.4. The molecule has 2 aliphatic heterocycles. The minimum absolute atomic E-state index is 0.109. The van der Waals surface area contributed by atoms with E-state index in [0.29, 0.717) is 45.8 Å². The van der Waals surface area contributed by atoms with Crippen molar-refractivity contribution in [1.29, 1.82) is 0 Å². The van der Waals surface area contributed by atoms with Gasteiger partial charge in [-0.2, -0.15) is 0 Å². The summed E-state index contributed by atoms with van der Waals surface area (Å²) >= 11 is 0. The number of hydrogen-bond donors (Lipinski definition) is 2. The predicted octanol–water partition coefficient (Wildman–Crippen LogP) is 7.39. The number of fused-ring (bicyclic) bond motifs is 5. The Labute approximate surface area is 238 Å². The van der Waals surface area contributed by atoms with Gasteiger partial charge in [0.25, 0.3) is 5.56 Å². The van der Waals surface area contributed by atoms with E-state index >= 15 is 0 Å². The Morgan fingerprint density at radius 1 is 1.15 bits per heavy atom. The summed E-state index contributed by atoms with van der Waals surface area (Å²) in [5.41, 5.74) is 12.4. The van der Waals surface area contributed by atoms with Gasteiger partial charge in [0.15, 0.2) is 0 Å². The summed E-state index contributed by atoms with van der Waals surface area (Å²) in [5.74, 6) is 0.00122. The van der Waals surface area contributed by atoms with Gasteiger partial charge in [-0.1, -0.05) is 61.1 Å². The third kappa shape index (κ3) is 6.15. The van der Waals surface area contributed by atoms with Gasteiger partial charge in [-0.25, -0.2) is 9.37 Å². The molecule has 40 heavy (non-hydrogen) atoms. The molecular weight excluding hydrogens is 505 g/mol. The third-order valence-electron chi connectivity index (χ3n) is 6.67. The average molecular weight is 552 g/mol. The number of aromatic nitrogens is 2. The molecule has 1 unspecified atom stereocenters. The molecule has 3 aliphatic rings. The minimum atomic E-state index is -1.04. The van der Waals surface area contributed by atoms with Crippen molar-refractivity contribution in [3.8, 4) is 11.4 Å². The maximum atomic E-state index is 14.5. The van der Waals surface area contributed by atoms with Gasteiger partial charge in [0, 0.05) is 22.6 Å². The SMILES string of the molecule is C=C(C)N.C=C1OCc2c(cc3n(c2=O)Cc2c-3nc3cc(F)c(C)c4c3c2CCC4)C1O.CC.CC.CCC. The topological polar surface area (TPSA) is 90.4 Å². The molecule has 3 N–H and O–H groups in total. The number of nitrogens with two attached hydrogens (primary N) is 1. The number of aliphatic hydroxyl groups excluding tert-OH is 1. The monoisotopic (exact) mass is 551 g/mol. The normalized spacial score (nSPS) is 15.2. The third-order valence-corrected chi connectivity index (χ3v) is 6.67. The van der Waals surface area contributed by atoms with Gasteiger partial charge >= 0.3 is 0 Å². The Kier molecular flexibility index (Phi) is 11.7. The van der Waals surface area contributed by atoms with Crippen LogP contribution in [0, 0.1) is 12.7 Å². The lowest BCUT2D eigenvalue weighted by Crippen LogP contribution is -2.29. The molecule has 7 heteroatoms. The number of halogens is 1. The van der Waals surface area contributed by atoms with Crippen molar-refractivity contribution in [2.75, 3.05) is 0 Å². The molecule has 0 bridgehead atoms. The van der Waals surface area contributed by atoms with Crippen molar-refractivity contribution in [3.05, 3.63) is 86.3 Å². The summed E-state index contributed by atoms with van der Waals surface area (Å²) in [6.45, 7) is 23.4. The molecule has 0 saturated carbocycles. The van der Waals surface area contributed by atoms with E-state index in [9.17, 15) is 14.3 Å². The molecule has 6 nitrogen and oxygen atoms in total. The van der Waals surface area contributed by atoms with Gasteiger partial charge in [0.05, 0.1) is 29.0 Å². The molecule has 218 valence electrons. The van der Waals surface area contributed by atoms with Crippen LogP contribution in [0.25, 0.3) is 22.3 Å². The molecule has 1 atom stereocenters. The maximum absolute atomic E-state index is 14.5. The highest BCUT2D eigenvalue weighted by Crippen LogP contribution is 2.42. The molecule has 1 aromatic carbocycles. The van der Waals surface area contributed by atoms with Gasteiger partial charge < -0.3 is 20.1 Å². The van der Waals surface area contributed by atoms with Crippen molar-refractivity contribution >= 4 is 10.9 Å². The molecule has 2 aromatic heterocycles. The molecule has 0 spiro atoms. The number of allylic oxidation sites excluding steroid dienone is 1. The maximum Gasteiger partial charge on any atom is 0.258 e. The van der Waals surface area contributed by atoms with E-state index in [4.69, 9.17) is 15.5 Å². The number of aryl methyl sites for hydroxylation is 2. The number of benzene rings is 1. The molecule has 0 amide bonds. The van der Waals surface area contributed by atoms with Gasteiger partial charge in [-0.3, -0.25) is 4.79 Å². The van der Waals surface area contributed by atoms with Crippen LogP contribution in [0.3, 0.4) is 0 Å². The smallest absolute Gasteiger partial charge is 0.258 e. The van der Waals surface area contributed by atoms with Crippen molar-refractivity contribution in [1.82, 2.24) is 9.55 Å². The zero-order chi connectivity index (χ0) is 30.3. The second-order valence-electron chi connectivity index (χ2n) is 9.69. The van der Waals surface area contributed by atoms with E-state index in [0.717, 1.165) is 35.8 Å². The first-order chi connectivity index (χ1) is 19.1. The number of hydrogen-bond acceptors (Lipinski definition) is 5. The van der Waals surface area contributed by atoms with Crippen LogP contribution in [0.2, 0.25) is 0 Å². The van der Waals surface area contributed by atoms with Crippen LogP contribution in [-0.2, 0) is 30.7 Å². The summed E-state index contributed by atoms with van der Waals surface area (Å²) in [5, 5.41) is 11.5. The molecule has 4 heterocycles. The van der Waals surface area contributed by atoms with Gasteiger partial charge in [-0.15, -0.1) is 0 Å². The van der Waals surface area contributed by atoms with Crippen LogP contribution in [-0.4, -0.2) is 14.7 Å². The number of pyridine rings is 2. The lowest BCUT2D eigenvalue weighted by Gasteiger charge is -2.24. The van der Waals surface area contributed by atoms with Crippen LogP contribution >= 0.6 is 0 Å². The molecule has 1 aliphatic carbocycles. The average Bonchev–Trinajstić information content (AvgIpc) is 3.31. The van der Waals surface area contributed by atoms with Crippen molar-refractivity contribution < 1.29 is 14.2 Å². The first kappa shape index (κ1) is 32.8. The van der Waals surface area contributed by atoms with Gasteiger partial charge in [0.2, 0.25) is 0 Å². The second-order valence-corrected chi connectivity index (χ2v) is 9.69. The van der Waals surface area contributed by atoms with E-state index in [1.807, 2.05) is 40.7 Å². The molecular formula is C33H46FN3O3. The highest BCUT2D eigenvalue weighted by Gasteiger charge is 2.33. The van der Waals surface area contributed by atoms with E-state index in [1.54, 1.807) is 11.5 Å². The van der Waals surface area contributed by atoms with Gasteiger partial charge in [0.1, 0.15) is 24.3 Å². The second kappa shape index (κ2) is 14.3. The van der Waals surface area contributed by atoms with E-state index in [1.165, 1.54) is 18.1 Å². The number of ether oxygens (including phenoxy) is 1. The Balaban J connectivity index is 0.000000448. The molecule has 0 saturated heterocycles. The summed E-state index contributed by atoms with van der Waals surface area (Å²) in [6, 6.07) is 3.33. The van der Waals surface area contributed by atoms with E-state index < -0.39 is 6.10 Å². The zero-order valence-electron chi connectivity index (χ0n) is 25.5. The number of aliphatic hydroxyl groups is 1. The summed E-state index contributed by atoms with van der Waals surface area (Å²) in [6.07, 6.45) is 2.91. The Morgan fingerprint density at radius 3 is 2.33 bits per heavy atom. The van der Waals surface area contributed by atoms with Crippen molar-refractivity contribution in [2.24, 2.45) is 5.73 Å². The van der Waals surface area contributed by atoms with Crippen LogP contribution in [0.5, 0.6) is 0 Å². The molecule has 0 fully saturated rings. The Bertz CT molecular complexity index is 1450. The minimum Gasteiger partial charge on any atom is -0.491 e. The molecule has 6 rings (SSSR count). The van der Waals surface area contributed by atoms with Crippen LogP contribution in [0.15, 0.2) is 41.5 Å². The standard InChI is InChI=1S/C23H19FN2O3.C3H7N.C3H8.2C2H6/c1-10-12-4-3-5-13-15-8-26-19(21(15)25-18(20(12)13)7-17(10)24)6-14-16(23(26)28)9-29-11(2)22(14)27;1-3(2)4;1-3-2;2*1-2/h6-7,22,27H,2-5,8-9H2,1H3;1,4H2,2H3;3H2,1-2H3;2*1-2H3. The lowest BCUT2D eigenvalue weighted by molar-refractivity contribution is 0.0753. The van der Waals surface area contributed by atoms with Crippen molar-refractivity contribution in [2.45, 2.75) is 100 Å². The Morgan fingerprint density at radius 2 is 1.73 bits per heavy atom. The van der Waals surface area contributed by atoms with Crippen molar-refractivity contribution in [3.63, 3.8) is 0 Å². The fraction of sp³-hybridized carbons (Fsp3) is 0.455. The van der Waals surface area contributed by atoms with Crippen LogP contribution < -0.4 is 11.3 Å². The Hall–Kier alpha value is -3.45. The van der Waals surface area contributed by atoms with E-state index in [-0.39, 0.29) is 23.7 Å². The van der Waals surface area contributed by atoms with Crippen LogP contribution in [0.1, 0.15) is 101 Å².